The SMILES string of the molecule is COc1cc(OC)c2nc(CCCCN)cc(C)c2c1. The largest absolute Gasteiger partial charge is 0.497 e. The molecule has 0 aliphatic carbocycles. The zero-order valence-corrected chi connectivity index (χ0v) is 12.4. The molecule has 1 heterocycles. The van der Waals surface area contributed by atoms with Gasteiger partial charge in [0.25, 0.3) is 0 Å². The minimum Gasteiger partial charge on any atom is -0.497 e. The first kappa shape index (κ1) is 14.6. The van der Waals surface area contributed by atoms with E-state index in [2.05, 4.69) is 13.0 Å². The summed E-state index contributed by atoms with van der Waals surface area (Å²) in [5, 5.41) is 1.07. The van der Waals surface area contributed by atoms with Crippen LogP contribution in [0.15, 0.2) is 18.2 Å². The molecule has 2 aromatic rings. The van der Waals surface area contributed by atoms with Gasteiger partial charge < -0.3 is 15.2 Å². The van der Waals surface area contributed by atoms with Gasteiger partial charge in [-0.3, -0.25) is 0 Å². The van der Waals surface area contributed by atoms with Crippen LogP contribution in [0.3, 0.4) is 0 Å². The van der Waals surface area contributed by atoms with Crippen LogP contribution in [0.25, 0.3) is 10.9 Å². The van der Waals surface area contributed by atoms with Gasteiger partial charge in [0.05, 0.1) is 14.2 Å². The van der Waals surface area contributed by atoms with Crippen LogP contribution in [0.1, 0.15) is 24.1 Å². The second-order valence-electron chi connectivity index (χ2n) is 4.90. The fourth-order valence-electron chi connectivity index (χ4n) is 2.35. The van der Waals surface area contributed by atoms with E-state index in [1.54, 1.807) is 14.2 Å². The number of fused-ring (bicyclic) bond motifs is 1. The van der Waals surface area contributed by atoms with Crippen LogP contribution < -0.4 is 15.2 Å². The maximum Gasteiger partial charge on any atom is 0.148 e. The molecule has 0 atom stereocenters. The van der Waals surface area contributed by atoms with E-state index in [4.69, 9.17) is 20.2 Å². The predicted molar refractivity (Wildman–Crippen MR) is 81.6 cm³/mol. The fraction of sp³-hybridized carbons (Fsp3) is 0.438. The van der Waals surface area contributed by atoms with Crippen molar-refractivity contribution in [3.8, 4) is 11.5 Å². The Bertz CT molecular complexity index is 597. The van der Waals surface area contributed by atoms with Gasteiger partial charge in [-0.1, -0.05) is 0 Å². The van der Waals surface area contributed by atoms with Crippen molar-refractivity contribution in [2.75, 3.05) is 20.8 Å². The lowest BCUT2D eigenvalue weighted by molar-refractivity contribution is 0.397. The molecule has 0 aliphatic rings. The Hall–Kier alpha value is -1.81. The zero-order valence-electron chi connectivity index (χ0n) is 12.4. The average Bonchev–Trinajstić information content (AvgIpc) is 2.46. The summed E-state index contributed by atoms with van der Waals surface area (Å²) < 4.78 is 10.8. The molecule has 4 heteroatoms. The Morgan fingerprint density at radius 1 is 1.10 bits per heavy atom. The van der Waals surface area contributed by atoms with Gasteiger partial charge in [-0.15, -0.1) is 0 Å². The van der Waals surface area contributed by atoms with Crippen molar-refractivity contribution >= 4 is 10.9 Å². The highest BCUT2D eigenvalue weighted by atomic mass is 16.5. The molecule has 0 saturated carbocycles. The van der Waals surface area contributed by atoms with Gasteiger partial charge in [-0.05, 0) is 50.4 Å². The topological polar surface area (TPSA) is 57.4 Å². The van der Waals surface area contributed by atoms with Crippen LogP contribution in [0.4, 0.5) is 0 Å². The summed E-state index contributed by atoms with van der Waals surface area (Å²) in [6.07, 6.45) is 3.04. The molecule has 0 saturated heterocycles. The van der Waals surface area contributed by atoms with Crippen molar-refractivity contribution in [2.45, 2.75) is 26.2 Å². The molecule has 4 nitrogen and oxygen atoms in total. The minimum atomic E-state index is 0.729. The Kier molecular flexibility index (Phi) is 4.79. The van der Waals surface area contributed by atoms with E-state index in [1.807, 2.05) is 12.1 Å². The first-order valence-corrected chi connectivity index (χ1v) is 6.92. The second kappa shape index (κ2) is 6.57. The van der Waals surface area contributed by atoms with Crippen LogP contribution in [-0.2, 0) is 6.42 Å². The molecule has 108 valence electrons. The molecule has 0 fully saturated rings. The third-order valence-electron chi connectivity index (χ3n) is 3.45. The molecular formula is C16H22N2O2. The van der Waals surface area contributed by atoms with Crippen molar-refractivity contribution in [3.63, 3.8) is 0 Å². The van der Waals surface area contributed by atoms with Crippen LogP contribution in [0.2, 0.25) is 0 Å². The lowest BCUT2D eigenvalue weighted by atomic mass is 10.1. The van der Waals surface area contributed by atoms with Crippen LogP contribution in [0, 0.1) is 6.92 Å². The van der Waals surface area contributed by atoms with Gasteiger partial charge >= 0.3 is 0 Å². The number of ether oxygens (including phenoxy) is 2. The zero-order chi connectivity index (χ0) is 14.5. The number of hydrogen-bond acceptors (Lipinski definition) is 4. The van der Waals surface area contributed by atoms with Crippen molar-refractivity contribution in [1.82, 2.24) is 4.98 Å². The lowest BCUT2D eigenvalue weighted by Crippen LogP contribution is -2.01. The number of hydrogen-bond donors (Lipinski definition) is 1. The fourth-order valence-corrected chi connectivity index (χ4v) is 2.35. The molecule has 0 radical (unpaired) electrons. The van der Waals surface area contributed by atoms with E-state index in [-0.39, 0.29) is 0 Å². The van der Waals surface area contributed by atoms with E-state index in [0.29, 0.717) is 0 Å². The molecule has 0 amide bonds. The van der Waals surface area contributed by atoms with Crippen LogP contribution in [-0.4, -0.2) is 25.7 Å². The molecular weight excluding hydrogens is 252 g/mol. The molecule has 0 aliphatic heterocycles. The Morgan fingerprint density at radius 2 is 1.90 bits per heavy atom. The van der Waals surface area contributed by atoms with Crippen molar-refractivity contribution in [2.24, 2.45) is 5.73 Å². The summed E-state index contributed by atoms with van der Waals surface area (Å²) in [4.78, 5) is 4.73. The van der Waals surface area contributed by atoms with E-state index >= 15 is 0 Å². The van der Waals surface area contributed by atoms with Gasteiger partial charge in [-0.25, -0.2) is 4.98 Å². The van der Waals surface area contributed by atoms with Crippen molar-refractivity contribution in [3.05, 3.63) is 29.5 Å². The molecule has 2 rings (SSSR count). The number of aromatic nitrogens is 1. The number of unbranched alkanes of at least 4 members (excludes halogenated alkanes) is 1. The number of nitrogens with two attached hydrogens (primary N) is 1. The maximum absolute atomic E-state index is 5.54. The van der Waals surface area contributed by atoms with Crippen molar-refractivity contribution in [1.29, 1.82) is 0 Å². The highest BCUT2D eigenvalue weighted by molar-refractivity contribution is 5.89. The molecule has 2 N–H and O–H groups in total. The van der Waals surface area contributed by atoms with E-state index in [9.17, 15) is 0 Å². The third kappa shape index (κ3) is 3.02. The molecule has 0 unspecified atom stereocenters. The number of aryl methyl sites for hydroxylation is 2. The number of rotatable bonds is 6. The first-order valence-electron chi connectivity index (χ1n) is 6.92. The van der Waals surface area contributed by atoms with Crippen LogP contribution >= 0.6 is 0 Å². The van der Waals surface area contributed by atoms with Gasteiger partial charge in [0, 0.05) is 17.1 Å². The molecule has 0 spiro atoms. The predicted octanol–water partition coefficient (Wildman–Crippen LogP) is 2.84. The molecule has 0 bridgehead atoms. The number of benzene rings is 1. The van der Waals surface area contributed by atoms with E-state index in [0.717, 1.165) is 53.9 Å². The smallest absolute Gasteiger partial charge is 0.148 e. The normalized spacial score (nSPS) is 10.8. The minimum absolute atomic E-state index is 0.729. The Morgan fingerprint density at radius 3 is 2.55 bits per heavy atom. The van der Waals surface area contributed by atoms with Crippen LogP contribution in [0.5, 0.6) is 11.5 Å². The summed E-state index contributed by atoms with van der Waals surface area (Å²) in [5.74, 6) is 1.54. The monoisotopic (exact) mass is 274 g/mol. The Labute approximate surface area is 119 Å². The molecule has 1 aromatic heterocycles. The summed E-state index contributed by atoms with van der Waals surface area (Å²) in [7, 11) is 3.32. The standard InChI is InChI=1S/C16H22N2O2/c1-11-8-12(6-4-5-7-17)18-16-14(11)9-13(19-2)10-15(16)20-3/h8-10H,4-7,17H2,1-3H3. The molecule has 1 aromatic carbocycles. The van der Waals surface area contributed by atoms with Gasteiger partial charge in [0.1, 0.15) is 17.0 Å². The van der Waals surface area contributed by atoms with Gasteiger partial charge in [-0.2, -0.15) is 0 Å². The summed E-state index contributed by atoms with van der Waals surface area (Å²) >= 11 is 0. The quantitative estimate of drug-likeness (QED) is 0.823. The Balaban J connectivity index is 2.46. The summed E-state index contributed by atoms with van der Waals surface area (Å²) in [5.41, 5.74) is 8.72. The van der Waals surface area contributed by atoms with E-state index < -0.39 is 0 Å². The number of pyridine rings is 1. The highest BCUT2D eigenvalue weighted by Gasteiger charge is 2.10. The number of methoxy groups -OCH3 is 2. The summed E-state index contributed by atoms with van der Waals surface area (Å²) in [6, 6.07) is 6.01. The third-order valence-corrected chi connectivity index (χ3v) is 3.45. The second-order valence-corrected chi connectivity index (χ2v) is 4.90. The van der Waals surface area contributed by atoms with E-state index in [1.165, 1.54) is 5.56 Å². The molecule has 20 heavy (non-hydrogen) atoms. The van der Waals surface area contributed by atoms with Gasteiger partial charge in [0.2, 0.25) is 0 Å². The maximum atomic E-state index is 5.54. The first-order chi connectivity index (χ1) is 9.69. The number of nitrogens with zero attached hydrogens (tertiary/aromatic N) is 1. The average molecular weight is 274 g/mol. The lowest BCUT2D eigenvalue weighted by Gasteiger charge is -2.12. The summed E-state index contributed by atoms with van der Waals surface area (Å²) in [6.45, 7) is 2.82. The highest BCUT2D eigenvalue weighted by Crippen LogP contribution is 2.32. The van der Waals surface area contributed by atoms with Crippen molar-refractivity contribution < 1.29 is 9.47 Å². The van der Waals surface area contributed by atoms with Gasteiger partial charge in [0.15, 0.2) is 0 Å².